The normalized spacial score (nSPS) is 18.5. The quantitative estimate of drug-likeness (QED) is 0.802. The summed E-state index contributed by atoms with van der Waals surface area (Å²) in [6, 6.07) is 4.12. The van der Waals surface area contributed by atoms with E-state index in [1.165, 1.54) is 0 Å². The van der Waals surface area contributed by atoms with E-state index in [0.717, 1.165) is 10.5 Å². The van der Waals surface area contributed by atoms with Crippen molar-refractivity contribution in [3.8, 4) is 17.1 Å². The van der Waals surface area contributed by atoms with Gasteiger partial charge in [-0.05, 0) is 24.1 Å². The average molecular weight is 420 g/mol. The Morgan fingerprint density at radius 1 is 1.37 bits per heavy atom. The van der Waals surface area contributed by atoms with Gasteiger partial charge in [-0.2, -0.15) is 0 Å². The summed E-state index contributed by atoms with van der Waals surface area (Å²) in [4.78, 5) is 29.0. The molecule has 0 radical (unpaired) electrons. The topological polar surface area (TPSA) is 99.7 Å². The molecule has 1 saturated heterocycles. The molecule has 0 aliphatic carbocycles. The Morgan fingerprint density at radius 2 is 2.13 bits per heavy atom. The number of nitrogens with zero attached hydrogens (tertiary/aromatic N) is 3. The number of anilines is 1. The number of hydrogen-bond donors (Lipinski definition) is 1. The first-order valence-corrected chi connectivity index (χ1v) is 9.55. The van der Waals surface area contributed by atoms with Crippen LogP contribution in [0, 0.1) is 5.41 Å². The number of amides is 2. The van der Waals surface area contributed by atoms with Gasteiger partial charge in [0.1, 0.15) is 30.8 Å². The third-order valence-corrected chi connectivity index (χ3v) is 5.40. The van der Waals surface area contributed by atoms with Gasteiger partial charge in [0.2, 0.25) is 5.91 Å². The predicted octanol–water partition coefficient (Wildman–Crippen LogP) is 2.59. The van der Waals surface area contributed by atoms with Crippen molar-refractivity contribution >= 4 is 17.8 Å². The largest absolute Gasteiger partial charge is 0.491 e. The van der Waals surface area contributed by atoms with Crippen LogP contribution in [-0.2, 0) is 22.5 Å². The molecule has 3 heterocycles. The number of halogens is 2. The van der Waals surface area contributed by atoms with Crippen molar-refractivity contribution in [1.82, 2.24) is 9.55 Å². The number of ether oxygens (including phenoxy) is 2. The molecule has 0 spiro atoms. The van der Waals surface area contributed by atoms with Gasteiger partial charge in [-0.1, -0.05) is 19.9 Å². The van der Waals surface area contributed by atoms with Crippen molar-refractivity contribution in [2.45, 2.75) is 39.3 Å². The molecular formula is C20H22F2N4O4. The Labute approximate surface area is 171 Å². The first-order valence-electron chi connectivity index (χ1n) is 9.55. The molecule has 2 aliphatic heterocycles. The van der Waals surface area contributed by atoms with Gasteiger partial charge in [0, 0.05) is 11.6 Å². The molecule has 2 aromatic rings. The molecule has 1 atom stereocenters. The lowest BCUT2D eigenvalue weighted by molar-refractivity contribution is -0.125. The molecule has 1 aromatic heterocycles. The van der Waals surface area contributed by atoms with Gasteiger partial charge in [0.25, 0.3) is 6.43 Å². The molecule has 2 aliphatic rings. The van der Waals surface area contributed by atoms with Crippen molar-refractivity contribution in [2.24, 2.45) is 11.1 Å². The van der Waals surface area contributed by atoms with Crippen LogP contribution in [0.1, 0.15) is 19.4 Å². The Balaban J connectivity index is 1.69. The third-order valence-electron chi connectivity index (χ3n) is 5.40. The highest BCUT2D eigenvalue weighted by atomic mass is 19.3. The van der Waals surface area contributed by atoms with Gasteiger partial charge < -0.3 is 19.8 Å². The summed E-state index contributed by atoms with van der Waals surface area (Å²) in [6.45, 7) is 3.94. The minimum Gasteiger partial charge on any atom is -0.491 e. The van der Waals surface area contributed by atoms with Crippen LogP contribution in [0.15, 0.2) is 24.4 Å². The standard InChI is InChI=1S/C20H22F2N4O4/c1-20(2,18(23)27)8-11-3-4-12-14(7-11)29-6-5-25-9-15(24-17(12)25)26-13(16(21)22)10-30-19(26)28/h3-4,7,9,13,16H,5-6,8,10H2,1-2H3,(H2,23,27)/t13-/m0/s1. The highest BCUT2D eigenvalue weighted by molar-refractivity contribution is 5.89. The van der Waals surface area contributed by atoms with Crippen LogP contribution in [0.25, 0.3) is 11.4 Å². The van der Waals surface area contributed by atoms with E-state index in [-0.39, 0.29) is 12.4 Å². The number of carbonyl (C=O) groups excluding carboxylic acids is 2. The molecule has 0 saturated carbocycles. The van der Waals surface area contributed by atoms with Gasteiger partial charge in [0.15, 0.2) is 5.82 Å². The SMILES string of the molecule is CC(C)(Cc1ccc2c(c1)OCCn1cc(N3C(=O)OC[C@H]3C(F)F)nc1-2)C(N)=O. The zero-order valence-corrected chi connectivity index (χ0v) is 16.6. The van der Waals surface area contributed by atoms with Gasteiger partial charge >= 0.3 is 6.09 Å². The highest BCUT2D eigenvalue weighted by Crippen LogP contribution is 2.36. The van der Waals surface area contributed by atoms with Crippen molar-refractivity contribution in [3.63, 3.8) is 0 Å². The molecule has 1 aromatic carbocycles. The maximum absolute atomic E-state index is 13.3. The fourth-order valence-corrected chi connectivity index (χ4v) is 3.62. The number of carbonyl (C=O) groups is 2. The van der Waals surface area contributed by atoms with E-state index in [1.807, 2.05) is 18.2 Å². The summed E-state index contributed by atoms with van der Waals surface area (Å²) < 4.78 is 39.0. The second-order valence-corrected chi connectivity index (χ2v) is 8.07. The second kappa shape index (κ2) is 7.26. The summed E-state index contributed by atoms with van der Waals surface area (Å²) in [6.07, 6.45) is -1.59. The van der Waals surface area contributed by atoms with Crippen molar-refractivity contribution < 1.29 is 27.8 Å². The fraction of sp³-hybridized carbons (Fsp3) is 0.450. The van der Waals surface area contributed by atoms with E-state index < -0.39 is 29.9 Å². The van der Waals surface area contributed by atoms with Crippen molar-refractivity contribution in [2.75, 3.05) is 18.1 Å². The maximum atomic E-state index is 13.3. The second-order valence-electron chi connectivity index (χ2n) is 8.07. The first kappa shape index (κ1) is 20.1. The first-order chi connectivity index (χ1) is 14.2. The van der Waals surface area contributed by atoms with E-state index in [0.29, 0.717) is 36.7 Å². The number of hydrogen-bond acceptors (Lipinski definition) is 5. The number of rotatable bonds is 5. The number of primary amides is 1. The average Bonchev–Trinajstić information content (AvgIpc) is 3.21. The number of aromatic nitrogens is 2. The number of fused-ring (bicyclic) bond motifs is 3. The monoisotopic (exact) mass is 420 g/mol. The molecule has 0 bridgehead atoms. The van der Waals surface area contributed by atoms with Crippen LogP contribution in [-0.4, -0.2) is 47.2 Å². The maximum Gasteiger partial charge on any atom is 0.416 e. The Morgan fingerprint density at radius 3 is 2.83 bits per heavy atom. The summed E-state index contributed by atoms with van der Waals surface area (Å²) in [7, 11) is 0. The molecule has 0 unspecified atom stereocenters. The number of cyclic esters (lactones) is 1. The summed E-state index contributed by atoms with van der Waals surface area (Å²) in [5.74, 6) is 0.790. The van der Waals surface area contributed by atoms with E-state index in [1.54, 1.807) is 24.6 Å². The van der Waals surface area contributed by atoms with Crippen molar-refractivity contribution in [3.05, 3.63) is 30.0 Å². The van der Waals surface area contributed by atoms with Crippen LogP contribution in [0.3, 0.4) is 0 Å². The molecule has 8 nitrogen and oxygen atoms in total. The molecular weight excluding hydrogens is 398 g/mol. The molecule has 30 heavy (non-hydrogen) atoms. The third kappa shape index (κ3) is 3.46. The van der Waals surface area contributed by atoms with Crippen LogP contribution in [0.5, 0.6) is 5.75 Å². The van der Waals surface area contributed by atoms with Gasteiger partial charge in [-0.15, -0.1) is 0 Å². The van der Waals surface area contributed by atoms with E-state index in [9.17, 15) is 18.4 Å². The van der Waals surface area contributed by atoms with Crippen molar-refractivity contribution in [1.29, 1.82) is 0 Å². The van der Waals surface area contributed by atoms with Crippen LogP contribution >= 0.6 is 0 Å². The lowest BCUT2D eigenvalue weighted by Gasteiger charge is -2.21. The molecule has 4 rings (SSSR count). The summed E-state index contributed by atoms with van der Waals surface area (Å²) in [5.41, 5.74) is 6.29. The highest BCUT2D eigenvalue weighted by Gasteiger charge is 2.42. The molecule has 2 N–H and O–H groups in total. The van der Waals surface area contributed by atoms with E-state index in [2.05, 4.69) is 4.98 Å². The van der Waals surface area contributed by atoms with Crippen LogP contribution in [0.4, 0.5) is 19.4 Å². The molecule has 1 fully saturated rings. The molecule has 160 valence electrons. The fourth-order valence-electron chi connectivity index (χ4n) is 3.62. The van der Waals surface area contributed by atoms with Crippen LogP contribution < -0.4 is 15.4 Å². The van der Waals surface area contributed by atoms with Gasteiger partial charge in [0.05, 0.1) is 12.1 Å². The number of benzene rings is 1. The predicted molar refractivity (Wildman–Crippen MR) is 103 cm³/mol. The number of alkyl halides is 2. The minimum atomic E-state index is -2.75. The zero-order chi connectivity index (χ0) is 21.6. The Kier molecular flexibility index (Phi) is 4.87. The molecule has 2 amide bonds. The Bertz CT molecular complexity index is 1000. The zero-order valence-electron chi connectivity index (χ0n) is 16.6. The number of nitrogens with two attached hydrogens (primary N) is 1. The van der Waals surface area contributed by atoms with Crippen LogP contribution in [0.2, 0.25) is 0 Å². The van der Waals surface area contributed by atoms with Gasteiger partial charge in [-0.25, -0.2) is 23.5 Å². The smallest absolute Gasteiger partial charge is 0.416 e. The van der Waals surface area contributed by atoms with E-state index >= 15 is 0 Å². The minimum absolute atomic E-state index is 0.115. The van der Waals surface area contributed by atoms with Gasteiger partial charge in [-0.3, -0.25) is 4.79 Å². The Hall–Kier alpha value is -3.17. The lowest BCUT2D eigenvalue weighted by atomic mass is 9.85. The summed E-state index contributed by atoms with van der Waals surface area (Å²) in [5, 5.41) is 0. The van der Waals surface area contributed by atoms with E-state index in [4.69, 9.17) is 15.2 Å². The molecule has 10 heteroatoms. The summed E-state index contributed by atoms with van der Waals surface area (Å²) >= 11 is 0. The number of imidazole rings is 1. The lowest BCUT2D eigenvalue weighted by Crippen LogP contribution is -2.38.